The minimum Gasteiger partial charge on any atom is -0.424 e. The summed E-state index contributed by atoms with van der Waals surface area (Å²) in [7, 11) is 5.10. The van der Waals surface area contributed by atoms with Crippen molar-refractivity contribution in [3.63, 3.8) is 0 Å². The van der Waals surface area contributed by atoms with Gasteiger partial charge >= 0.3 is 13.3 Å². The predicted molar refractivity (Wildman–Crippen MR) is 104 cm³/mol. The van der Waals surface area contributed by atoms with Crippen LogP contribution in [-0.4, -0.2) is 79.6 Å². The third-order valence-corrected chi connectivity index (χ3v) is 4.77. The topological polar surface area (TPSA) is 86.6 Å². The van der Waals surface area contributed by atoms with Gasteiger partial charge in [0.25, 0.3) is 0 Å². The lowest BCUT2D eigenvalue weighted by molar-refractivity contribution is -0.303. The summed E-state index contributed by atoms with van der Waals surface area (Å²) in [6.45, 7) is 7.99. The normalized spacial score (nSPS) is 42.2. The summed E-state index contributed by atoms with van der Waals surface area (Å²) in [6.07, 6.45) is -4.48. The molecule has 0 radical (unpaired) electrons. The van der Waals surface area contributed by atoms with E-state index < -0.39 is 36.8 Å². The Labute approximate surface area is 155 Å². The molecular formula is C14H30B2O7P2. The van der Waals surface area contributed by atoms with Crippen molar-refractivity contribution in [2.75, 3.05) is 13.2 Å². The molecular weight excluding hydrogens is 364 g/mol. The van der Waals surface area contributed by atoms with Gasteiger partial charge in [0.15, 0.2) is 6.29 Å². The summed E-state index contributed by atoms with van der Waals surface area (Å²) >= 11 is 0. The summed E-state index contributed by atoms with van der Waals surface area (Å²) in [6, 6.07) is 0. The molecule has 2 saturated heterocycles. The molecule has 0 aromatic rings. The van der Waals surface area contributed by atoms with E-state index >= 15 is 0 Å². The number of rotatable bonds is 6. The first kappa shape index (κ1) is 22.0. The molecule has 144 valence electrons. The van der Waals surface area contributed by atoms with Crippen LogP contribution in [0.2, 0.25) is 13.6 Å². The SMILES string of the molecule is CB(P)OC1COC(OC2C(C)COC(C)C2O)C(O)C1OB(C)P. The highest BCUT2D eigenvalue weighted by Crippen LogP contribution is 2.29. The lowest BCUT2D eigenvalue weighted by atomic mass is 9.93. The van der Waals surface area contributed by atoms with Crippen LogP contribution in [0.25, 0.3) is 0 Å². The van der Waals surface area contributed by atoms with Gasteiger partial charge in [-0.05, 0) is 6.92 Å². The summed E-state index contributed by atoms with van der Waals surface area (Å²) in [5, 5.41) is 21.1. The molecule has 0 saturated carbocycles. The van der Waals surface area contributed by atoms with E-state index in [1.54, 1.807) is 6.92 Å². The smallest absolute Gasteiger partial charge is 0.312 e. The second kappa shape index (κ2) is 9.77. The van der Waals surface area contributed by atoms with Gasteiger partial charge in [0.05, 0.1) is 37.6 Å². The summed E-state index contributed by atoms with van der Waals surface area (Å²) < 4.78 is 28.8. The van der Waals surface area contributed by atoms with Crippen molar-refractivity contribution >= 4 is 31.5 Å². The molecule has 0 aliphatic carbocycles. The Balaban J connectivity index is 2.06. The molecule has 2 aliphatic rings. The number of ether oxygens (including phenoxy) is 3. The first-order valence-electron chi connectivity index (χ1n) is 8.77. The van der Waals surface area contributed by atoms with E-state index in [-0.39, 0.29) is 31.9 Å². The molecule has 10 unspecified atom stereocenters. The van der Waals surface area contributed by atoms with Crippen LogP contribution in [0.5, 0.6) is 0 Å². The maximum absolute atomic E-state index is 10.7. The van der Waals surface area contributed by atoms with Crippen molar-refractivity contribution in [3.8, 4) is 0 Å². The van der Waals surface area contributed by atoms with Crippen molar-refractivity contribution in [2.24, 2.45) is 5.92 Å². The Morgan fingerprint density at radius 3 is 2.16 bits per heavy atom. The van der Waals surface area contributed by atoms with Gasteiger partial charge in [-0.25, -0.2) is 0 Å². The molecule has 0 aromatic carbocycles. The fraction of sp³-hybridized carbons (Fsp3) is 1.00. The molecule has 7 nitrogen and oxygen atoms in total. The summed E-state index contributed by atoms with van der Waals surface area (Å²) in [4.78, 5) is 0. The van der Waals surface area contributed by atoms with Gasteiger partial charge in [0.2, 0.25) is 0 Å². The number of hydrogen-bond acceptors (Lipinski definition) is 7. The third-order valence-electron chi connectivity index (χ3n) is 4.46. The Kier molecular flexibility index (Phi) is 8.60. The highest BCUT2D eigenvalue weighted by Gasteiger charge is 2.46. The highest BCUT2D eigenvalue weighted by atomic mass is 31.0. The number of hydrogen-bond donors (Lipinski definition) is 2. The molecule has 2 aliphatic heterocycles. The van der Waals surface area contributed by atoms with Crippen LogP contribution in [-0.2, 0) is 23.5 Å². The average Bonchev–Trinajstić information content (AvgIpc) is 2.52. The van der Waals surface area contributed by atoms with E-state index in [4.69, 9.17) is 23.5 Å². The Morgan fingerprint density at radius 1 is 0.920 bits per heavy atom. The molecule has 0 amide bonds. The quantitative estimate of drug-likeness (QED) is 0.494. The highest BCUT2D eigenvalue weighted by molar-refractivity contribution is 7.60. The molecule has 2 heterocycles. The molecule has 25 heavy (non-hydrogen) atoms. The van der Waals surface area contributed by atoms with E-state index in [0.717, 1.165) is 0 Å². The van der Waals surface area contributed by atoms with Crippen LogP contribution in [0, 0.1) is 5.92 Å². The van der Waals surface area contributed by atoms with Crippen LogP contribution in [0.3, 0.4) is 0 Å². The van der Waals surface area contributed by atoms with E-state index in [1.165, 1.54) is 0 Å². The standard InChI is InChI=1S/C14H30B2O7P2/c1-7-5-19-8(2)10(17)12(7)21-14-11(18)13(23-16(4)25)9(6-20-14)22-15(3)24/h7-14,17-18H,5-6,24-25H2,1-4H3. The first-order valence-corrected chi connectivity index (χ1v) is 10.1. The maximum Gasteiger partial charge on any atom is 0.312 e. The monoisotopic (exact) mass is 394 g/mol. The van der Waals surface area contributed by atoms with E-state index in [1.807, 2.05) is 20.6 Å². The molecule has 2 N–H and O–H groups in total. The van der Waals surface area contributed by atoms with Gasteiger partial charge in [-0.1, -0.05) is 20.6 Å². The zero-order valence-electron chi connectivity index (χ0n) is 15.3. The largest absolute Gasteiger partial charge is 0.424 e. The molecule has 2 fully saturated rings. The fourth-order valence-corrected chi connectivity index (χ4v) is 3.54. The van der Waals surface area contributed by atoms with E-state index in [9.17, 15) is 10.2 Å². The number of aliphatic hydroxyl groups is 2. The summed E-state index contributed by atoms with van der Waals surface area (Å²) in [5.41, 5.74) is 0. The Morgan fingerprint density at radius 2 is 1.56 bits per heavy atom. The molecule has 0 spiro atoms. The fourth-order valence-electron chi connectivity index (χ4n) is 3.16. The van der Waals surface area contributed by atoms with Gasteiger partial charge in [0, 0.05) is 5.92 Å². The van der Waals surface area contributed by atoms with Gasteiger partial charge in [0.1, 0.15) is 12.2 Å². The lowest BCUT2D eigenvalue weighted by Gasteiger charge is -2.44. The van der Waals surface area contributed by atoms with Crippen LogP contribution < -0.4 is 0 Å². The van der Waals surface area contributed by atoms with Crippen LogP contribution in [0.4, 0.5) is 0 Å². The maximum atomic E-state index is 10.7. The zero-order valence-corrected chi connectivity index (χ0v) is 17.6. The minimum absolute atomic E-state index is 0.0111. The molecule has 10 atom stereocenters. The number of aliphatic hydroxyl groups excluding tert-OH is 2. The molecule has 2 rings (SSSR count). The zero-order chi connectivity index (χ0) is 18.7. The van der Waals surface area contributed by atoms with Crippen LogP contribution in [0.1, 0.15) is 13.8 Å². The molecule has 11 heteroatoms. The first-order chi connectivity index (χ1) is 11.7. The lowest BCUT2D eigenvalue weighted by Crippen LogP contribution is -2.60. The average molecular weight is 394 g/mol. The predicted octanol–water partition coefficient (Wildman–Crippen LogP) is 0.261. The second-order valence-electron chi connectivity index (χ2n) is 6.98. The van der Waals surface area contributed by atoms with Gasteiger partial charge < -0.3 is 33.7 Å². The second-order valence-corrected chi connectivity index (χ2v) is 8.86. The van der Waals surface area contributed by atoms with Gasteiger partial charge in [-0.3, -0.25) is 0 Å². The van der Waals surface area contributed by atoms with Gasteiger partial charge in [-0.2, -0.15) is 0 Å². The van der Waals surface area contributed by atoms with Crippen molar-refractivity contribution in [1.82, 2.24) is 0 Å². The van der Waals surface area contributed by atoms with Crippen molar-refractivity contribution in [2.45, 2.75) is 70.4 Å². The van der Waals surface area contributed by atoms with Crippen LogP contribution >= 0.6 is 18.2 Å². The molecule has 0 aromatic heterocycles. The third kappa shape index (κ3) is 5.84. The molecule has 0 bridgehead atoms. The Bertz CT molecular complexity index is 421. The van der Waals surface area contributed by atoms with Gasteiger partial charge in [-0.15, -0.1) is 18.2 Å². The summed E-state index contributed by atoms with van der Waals surface area (Å²) in [5.74, 6) is -0.0111. The van der Waals surface area contributed by atoms with Crippen LogP contribution in [0.15, 0.2) is 0 Å². The van der Waals surface area contributed by atoms with Crippen molar-refractivity contribution in [1.29, 1.82) is 0 Å². The Hall–Kier alpha value is 0.710. The van der Waals surface area contributed by atoms with E-state index in [0.29, 0.717) is 6.61 Å². The minimum atomic E-state index is -1.02. The van der Waals surface area contributed by atoms with E-state index in [2.05, 4.69) is 18.2 Å². The van der Waals surface area contributed by atoms with Crippen molar-refractivity contribution < 1.29 is 33.7 Å². The van der Waals surface area contributed by atoms with Crippen molar-refractivity contribution in [3.05, 3.63) is 0 Å².